The van der Waals surface area contributed by atoms with Crippen LogP contribution in [-0.2, 0) is 9.59 Å². The highest BCUT2D eigenvalue weighted by atomic mass is 16.2. The van der Waals surface area contributed by atoms with Gasteiger partial charge in [-0.25, -0.2) is 0 Å². The highest BCUT2D eigenvalue weighted by Gasteiger charge is 2.46. The highest BCUT2D eigenvalue weighted by Crippen LogP contribution is 2.44. The summed E-state index contributed by atoms with van der Waals surface area (Å²) in [5.74, 6) is 1.47. The van der Waals surface area contributed by atoms with E-state index in [4.69, 9.17) is 0 Å². The Balaban J connectivity index is 1.19. The molecule has 0 N–H and O–H groups in total. The maximum atomic E-state index is 15.4. The van der Waals surface area contributed by atoms with E-state index in [0.717, 1.165) is 31.3 Å². The molecule has 0 heterocycles. The van der Waals surface area contributed by atoms with Gasteiger partial charge in [0.2, 0.25) is 5.91 Å². The molecule has 5 heteroatoms. The van der Waals surface area contributed by atoms with Crippen molar-refractivity contribution in [2.24, 2.45) is 17.8 Å². The van der Waals surface area contributed by atoms with Gasteiger partial charge >= 0.3 is 0 Å². The molecule has 0 radical (unpaired) electrons. The number of amides is 1. The second-order valence-corrected chi connectivity index (χ2v) is 19.3. The molecule has 7 fully saturated rings. The molecule has 0 aromatic heterocycles. The van der Waals surface area contributed by atoms with Crippen LogP contribution in [0.15, 0.2) is 0 Å². The van der Waals surface area contributed by atoms with E-state index in [2.05, 4.69) is 14.7 Å². The first-order chi connectivity index (χ1) is 25.2. The van der Waals surface area contributed by atoms with Gasteiger partial charge in [-0.15, -0.1) is 0 Å². The van der Waals surface area contributed by atoms with Crippen LogP contribution in [0.3, 0.4) is 0 Å². The van der Waals surface area contributed by atoms with E-state index in [-0.39, 0.29) is 12.0 Å². The average molecular weight is 706 g/mol. The van der Waals surface area contributed by atoms with Crippen molar-refractivity contribution in [3.63, 3.8) is 0 Å². The van der Waals surface area contributed by atoms with E-state index in [9.17, 15) is 4.79 Å². The Morgan fingerprint density at radius 1 is 0.471 bits per heavy atom. The fourth-order valence-electron chi connectivity index (χ4n) is 13.4. The normalized spacial score (nSPS) is 31.5. The first-order valence-electron chi connectivity index (χ1n) is 23.5. The van der Waals surface area contributed by atoms with Crippen LogP contribution in [0.5, 0.6) is 0 Å². The Morgan fingerprint density at radius 2 is 0.843 bits per heavy atom. The minimum atomic E-state index is -0.00933. The standard InChI is InChI=1S/C46H79N3O2/c50-35-45(48(41-23-11-3-12-24-41)42-25-13-4-14-26-42)37-31-36(34-47(39-19-7-1-8-20-39)40-21-9-2-10-22-40)32-38(33-37)46(51)49(43-27-15-5-16-28-43)44-29-17-6-18-30-44/h35-45H,1-34H2. The summed E-state index contributed by atoms with van der Waals surface area (Å²) in [5.41, 5.74) is 0. The summed E-state index contributed by atoms with van der Waals surface area (Å²) in [6.45, 7) is 1.18. The number of rotatable bonds is 12. The monoisotopic (exact) mass is 706 g/mol. The molecule has 7 aliphatic carbocycles. The zero-order chi connectivity index (χ0) is 34.8. The van der Waals surface area contributed by atoms with Gasteiger partial charge in [0.1, 0.15) is 6.29 Å². The summed E-state index contributed by atoms with van der Waals surface area (Å²) in [6, 6.07) is 3.50. The van der Waals surface area contributed by atoms with Crippen molar-refractivity contribution in [3.8, 4) is 0 Å². The number of aldehydes is 1. The fourth-order valence-corrected chi connectivity index (χ4v) is 13.4. The highest BCUT2D eigenvalue weighted by molar-refractivity contribution is 5.80. The van der Waals surface area contributed by atoms with Crippen LogP contribution in [0.1, 0.15) is 212 Å². The lowest BCUT2D eigenvalue weighted by Gasteiger charge is -2.51. The van der Waals surface area contributed by atoms with Crippen molar-refractivity contribution in [1.82, 2.24) is 14.7 Å². The molecule has 7 rings (SSSR count). The molecule has 1 amide bonds. The number of hydrogen-bond acceptors (Lipinski definition) is 4. The molecule has 0 aromatic rings. The summed E-state index contributed by atoms with van der Waals surface area (Å²) in [4.78, 5) is 37.5. The fraction of sp³-hybridized carbons (Fsp3) is 0.957. The summed E-state index contributed by atoms with van der Waals surface area (Å²) in [7, 11) is 0. The molecule has 0 aliphatic heterocycles. The molecular weight excluding hydrogens is 627 g/mol. The zero-order valence-corrected chi connectivity index (χ0v) is 33.1. The van der Waals surface area contributed by atoms with Gasteiger partial charge < -0.3 is 9.69 Å². The van der Waals surface area contributed by atoms with E-state index in [0.29, 0.717) is 41.9 Å². The van der Waals surface area contributed by atoms with Gasteiger partial charge in [0.25, 0.3) is 0 Å². The number of hydrogen-bond donors (Lipinski definition) is 0. The molecule has 7 aliphatic rings. The van der Waals surface area contributed by atoms with Gasteiger partial charge in [-0.2, -0.15) is 0 Å². The van der Waals surface area contributed by atoms with Gasteiger partial charge in [0, 0.05) is 48.7 Å². The third kappa shape index (κ3) is 9.84. The quantitative estimate of drug-likeness (QED) is 0.190. The first kappa shape index (κ1) is 38.3. The Kier molecular flexibility index (Phi) is 14.7. The summed E-state index contributed by atoms with van der Waals surface area (Å²) in [5, 5.41) is 0. The van der Waals surface area contributed by atoms with Crippen molar-refractivity contribution >= 4 is 12.2 Å². The SMILES string of the molecule is O=CC(C1CC(CN(C2CCCCC2)C2CCCCC2)CC(C(=O)N(C2CCCCC2)C2CCCCC2)C1)N(C1CCCCC1)C1CCCCC1. The maximum absolute atomic E-state index is 15.4. The number of nitrogens with zero attached hydrogens (tertiary/aromatic N) is 3. The van der Waals surface area contributed by atoms with E-state index in [1.165, 1.54) is 205 Å². The Bertz CT molecular complexity index is 975. The topological polar surface area (TPSA) is 43.9 Å². The van der Waals surface area contributed by atoms with Crippen LogP contribution in [0.25, 0.3) is 0 Å². The van der Waals surface area contributed by atoms with E-state index >= 15 is 4.79 Å². The van der Waals surface area contributed by atoms with E-state index in [1.807, 2.05) is 0 Å². The van der Waals surface area contributed by atoms with Crippen molar-refractivity contribution in [1.29, 1.82) is 0 Å². The van der Waals surface area contributed by atoms with Crippen molar-refractivity contribution < 1.29 is 9.59 Å². The van der Waals surface area contributed by atoms with Gasteiger partial charge in [0.15, 0.2) is 0 Å². The lowest BCUT2D eigenvalue weighted by Crippen LogP contribution is -2.57. The molecule has 4 unspecified atom stereocenters. The Hall–Kier alpha value is -0.940. The molecular formula is C46H79N3O2. The predicted octanol–water partition coefficient (Wildman–Crippen LogP) is 11.0. The second-order valence-electron chi connectivity index (χ2n) is 19.3. The summed E-state index contributed by atoms with van der Waals surface area (Å²) < 4.78 is 0. The van der Waals surface area contributed by atoms with Crippen LogP contribution in [0, 0.1) is 17.8 Å². The lowest BCUT2D eigenvalue weighted by atomic mass is 9.70. The molecule has 51 heavy (non-hydrogen) atoms. The number of carbonyl (C=O) groups excluding carboxylic acids is 2. The number of carbonyl (C=O) groups is 2. The molecule has 0 saturated heterocycles. The van der Waals surface area contributed by atoms with Crippen LogP contribution < -0.4 is 0 Å². The molecule has 0 spiro atoms. The molecule has 5 nitrogen and oxygen atoms in total. The molecule has 4 atom stereocenters. The zero-order valence-electron chi connectivity index (χ0n) is 33.1. The van der Waals surface area contributed by atoms with Crippen molar-refractivity contribution in [3.05, 3.63) is 0 Å². The summed E-state index contributed by atoms with van der Waals surface area (Å²) in [6.07, 6.45) is 44.3. The third-order valence-electron chi connectivity index (χ3n) is 15.9. The van der Waals surface area contributed by atoms with Gasteiger partial charge in [0.05, 0.1) is 6.04 Å². The molecule has 0 bridgehead atoms. The molecule has 290 valence electrons. The van der Waals surface area contributed by atoms with Crippen LogP contribution >= 0.6 is 0 Å². The Morgan fingerprint density at radius 3 is 1.24 bits per heavy atom. The van der Waals surface area contributed by atoms with Crippen molar-refractivity contribution in [2.45, 2.75) is 254 Å². The average Bonchev–Trinajstić information content (AvgIpc) is 3.21. The largest absolute Gasteiger partial charge is 0.336 e. The van der Waals surface area contributed by atoms with Gasteiger partial charge in [-0.3, -0.25) is 14.6 Å². The second kappa shape index (κ2) is 19.6. The minimum Gasteiger partial charge on any atom is -0.336 e. The molecule has 0 aromatic carbocycles. The summed E-state index contributed by atoms with van der Waals surface area (Å²) >= 11 is 0. The van der Waals surface area contributed by atoms with E-state index in [1.54, 1.807) is 0 Å². The van der Waals surface area contributed by atoms with Gasteiger partial charge in [-0.1, -0.05) is 116 Å². The smallest absolute Gasteiger partial charge is 0.226 e. The molecule has 7 saturated carbocycles. The van der Waals surface area contributed by atoms with E-state index < -0.39 is 0 Å². The van der Waals surface area contributed by atoms with Crippen molar-refractivity contribution in [2.75, 3.05) is 6.54 Å². The first-order valence-corrected chi connectivity index (χ1v) is 23.5. The van der Waals surface area contributed by atoms with Crippen LogP contribution in [-0.4, -0.2) is 75.7 Å². The van der Waals surface area contributed by atoms with Gasteiger partial charge in [-0.05, 0) is 108 Å². The van der Waals surface area contributed by atoms with Crippen LogP contribution in [0.2, 0.25) is 0 Å². The Labute approximate surface area is 314 Å². The third-order valence-corrected chi connectivity index (χ3v) is 15.9. The maximum Gasteiger partial charge on any atom is 0.226 e. The van der Waals surface area contributed by atoms with Crippen LogP contribution in [0.4, 0.5) is 0 Å². The lowest BCUT2D eigenvalue weighted by molar-refractivity contribution is -0.146. The minimum absolute atomic E-state index is 0.00933. The predicted molar refractivity (Wildman–Crippen MR) is 211 cm³/mol.